The Bertz CT molecular complexity index is 7760. The van der Waals surface area contributed by atoms with Crippen LogP contribution >= 0.6 is 44.7 Å². The van der Waals surface area contributed by atoms with Crippen LogP contribution in [0.2, 0.25) is 0 Å². The Balaban J connectivity index is 0.000000180. The number of rotatable bonds is 19. The summed E-state index contributed by atoms with van der Waals surface area (Å²) in [6, 6.07) is 54.1. The van der Waals surface area contributed by atoms with Gasteiger partial charge >= 0.3 is 73.1 Å². The van der Waals surface area contributed by atoms with Crippen molar-refractivity contribution >= 4 is 145 Å². The predicted octanol–water partition coefficient (Wildman–Crippen LogP) is 19.9. The third-order valence-corrected chi connectivity index (χ3v) is 25.8. The van der Waals surface area contributed by atoms with E-state index in [4.69, 9.17) is 84.1 Å². The van der Waals surface area contributed by atoms with E-state index in [1.165, 1.54) is 41.1 Å². The first-order valence-corrected chi connectivity index (χ1v) is 48.1. The number of hydrogen-bond acceptors (Lipinski definition) is 33. The number of hydrogen-bond donors (Lipinski definition) is 8. The van der Waals surface area contributed by atoms with Gasteiger partial charge in [0.25, 0.3) is 5.91 Å². The van der Waals surface area contributed by atoms with Crippen molar-refractivity contribution < 1.29 is 88.9 Å². The number of esters is 5. The number of ether oxygens (including phenoxy) is 5. The predicted molar refractivity (Wildman–Crippen MR) is 585 cm³/mol. The number of aryl methyl sites for hydroxylation is 14. The second-order valence-corrected chi connectivity index (χ2v) is 37.1. The molecule has 1 saturated heterocycles. The Morgan fingerprint density at radius 3 is 1.09 bits per heavy atom. The number of benzene rings is 9. The molecule has 1 amide bonds. The van der Waals surface area contributed by atoms with Crippen molar-refractivity contribution in [2.45, 2.75) is 155 Å². The molecule has 1 radical (unpaired) electrons. The molecule has 12 N–H and O–H groups in total. The SMILES string of the molecule is C.COC(=O)c1cc(-c2c(C)noc2C)cc(Br)c1N.COC(=O)c1cc(-c2c(C)noc2C)cc(CCc2ccccc2)c1N.COC(=O)c1cc(-c2c(C)noc2C)cc2c1[nH]c(=O)n2Cc1ccccc1.COC(=O)c1cc(-c2c(C)noc2C)ccc1N.COC(=O)c1cc(Br)ccc1N.Cc1noc(C)c1-c1cc(C(N)=O)c2[nH]c(=O)n(Cc3ccccc3)c2c1.Cc1noc(C)c1B1OC(C)(C)C(C)(C)O1.[B]=NS. The number of fused-ring (bicyclic) bond motifs is 2. The molecule has 0 unspecified atom stereocenters. The molecule has 781 valence electrons. The minimum absolute atomic E-state index is 0. The number of carbonyl (C=O) groups is 6. The number of thiol groups is 1. The molecule has 1 aliphatic heterocycles. The number of imidazole rings is 2. The van der Waals surface area contributed by atoms with Gasteiger partial charge in [-0.3, -0.25) is 13.9 Å². The van der Waals surface area contributed by atoms with Crippen LogP contribution in [0.15, 0.2) is 226 Å². The van der Waals surface area contributed by atoms with E-state index in [2.05, 4.69) is 114 Å². The van der Waals surface area contributed by atoms with Crippen molar-refractivity contribution in [1.82, 2.24) is 50.0 Å². The van der Waals surface area contributed by atoms with Gasteiger partial charge in [0.05, 0.1) is 155 Å². The van der Waals surface area contributed by atoms with Gasteiger partial charge in [0.1, 0.15) is 34.6 Å². The van der Waals surface area contributed by atoms with Crippen molar-refractivity contribution in [3.63, 3.8) is 0 Å². The molecule has 1 aliphatic rings. The standard InChI is InChI=1S/C21H19N3O4.C21H22N2O3.C20H18N4O3.C13H13BrN2O3.C13H14N2O3.C11H18BNO3.C8H8BrNO2.CH4.BHNS/c1-12-18(13(2)28-23-12)15-9-16(20(25)27-3)19-17(10-15)24(21(26)22-19)11-14-7-5-4-6-8-14;1-13-19(14(2)26-23-13)17-11-16(10-9-15-7-5-4-6-8-15)20(22)18(12-17)21(24)25-3;1-11-17(12(2)27-23-11)14-8-15(19(21)25)18-16(9-14)24(20(26)22-18)10-13-6-4-3-5-7-13;1-6-11(7(2)19-16-6)8-4-9(13(17)18-3)12(15)10(14)5-8;1-7-12(8(2)18-15-7)9-4-5-11(14)10(6-9)13(16)17-3;1-7-9(8(2)14-13-7)12-15-10(3,4)11(5,6)16-12;1-12-8(11)6-4-5(9)2-3-7(6)10;;1-2-3/h4-10H,11H2,1-3H3,(H,22,26);4-8,11-12H,9-10,22H2,1-3H3;3-9H,10H2,1-2H3,(H2,21,25)(H,22,26);4-5H,15H2,1-3H3;4-6H,14H2,1-3H3;1-6H3;2-4H,10H2,1H3;1H4;3H. The van der Waals surface area contributed by atoms with Crippen LogP contribution in [-0.4, -0.2) is 147 Å². The fraction of sp³-hybridized carbons (Fsp3) is 0.259. The molecule has 1 fully saturated rings. The zero-order valence-corrected chi connectivity index (χ0v) is 90.0. The molecule has 9 heterocycles. The third-order valence-electron chi connectivity index (χ3n) is 24.6. The average Bonchev–Trinajstić information content (AvgIpc) is 1.61. The van der Waals surface area contributed by atoms with E-state index in [-0.39, 0.29) is 42.7 Å². The van der Waals surface area contributed by atoms with Crippen LogP contribution < -0.4 is 45.5 Å². The molecule has 0 spiro atoms. The van der Waals surface area contributed by atoms with Crippen LogP contribution in [0.25, 0.3) is 77.7 Å². The van der Waals surface area contributed by atoms with Crippen molar-refractivity contribution in [1.29, 1.82) is 0 Å². The van der Waals surface area contributed by atoms with E-state index in [9.17, 15) is 38.4 Å². The van der Waals surface area contributed by atoms with Crippen LogP contribution in [-0.2, 0) is 58.9 Å². The summed E-state index contributed by atoms with van der Waals surface area (Å²) in [5, 5.41) is 23.7. The van der Waals surface area contributed by atoms with Crippen LogP contribution in [0.4, 0.5) is 22.7 Å². The van der Waals surface area contributed by atoms with Gasteiger partial charge in [0, 0.05) is 59.3 Å². The van der Waals surface area contributed by atoms with Crippen LogP contribution in [0.5, 0.6) is 0 Å². The Hall–Kier alpha value is -16.0. The fourth-order valence-corrected chi connectivity index (χ4v) is 17.3. The molecule has 150 heavy (non-hydrogen) atoms. The number of aromatic nitrogens is 10. The minimum atomic E-state index is -0.610. The zero-order valence-electron chi connectivity index (χ0n) is 85.9. The van der Waals surface area contributed by atoms with Gasteiger partial charge in [-0.1, -0.05) is 151 Å². The van der Waals surface area contributed by atoms with E-state index >= 15 is 0 Å². The van der Waals surface area contributed by atoms with Gasteiger partial charge in [-0.05, 0) is 268 Å². The van der Waals surface area contributed by atoms with E-state index in [1.54, 1.807) is 70.7 Å². The summed E-state index contributed by atoms with van der Waals surface area (Å²) < 4.78 is 74.2. The van der Waals surface area contributed by atoms with E-state index in [1.807, 2.05) is 213 Å². The summed E-state index contributed by atoms with van der Waals surface area (Å²) in [4.78, 5) is 102. The van der Waals surface area contributed by atoms with Gasteiger partial charge in [-0.15, -0.1) is 0 Å². The van der Waals surface area contributed by atoms with Crippen molar-refractivity contribution in [2.75, 3.05) is 58.5 Å². The number of nitrogens with one attached hydrogen (secondary N) is 2. The van der Waals surface area contributed by atoms with Crippen molar-refractivity contribution in [3.05, 3.63) is 330 Å². The van der Waals surface area contributed by atoms with E-state index in [0.29, 0.717) is 130 Å². The molecule has 8 aromatic heterocycles. The maximum absolute atomic E-state index is 12.7. The fourth-order valence-electron chi connectivity index (χ4n) is 16.5. The Morgan fingerprint density at radius 1 is 0.400 bits per heavy atom. The number of nitrogens with zero attached hydrogens (tertiary/aromatic N) is 9. The third kappa shape index (κ3) is 26.9. The van der Waals surface area contributed by atoms with Gasteiger partial charge in [-0.25, -0.2) is 33.6 Å². The molecule has 42 heteroatoms. The van der Waals surface area contributed by atoms with Gasteiger partial charge in [-0.2, -0.15) is 0 Å². The summed E-state index contributed by atoms with van der Waals surface area (Å²) in [6.07, 6.45) is 1.55. The number of anilines is 4. The first-order chi connectivity index (χ1) is 70.7. The molecule has 9 aromatic carbocycles. The summed E-state index contributed by atoms with van der Waals surface area (Å²) in [7, 11) is 10.6. The molecule has 17 aromatic rings. The topological polar surface area (TPSA) is 541 Å². The van der Waals surface area contributed by atoms with E-state index in [0.717, 1.165) is 124 Å². The van der Waals surface area contributed by atoms with Crippen LogP contribution in [0, 0.1) is 83.1 Å². The molecule has 0 saturated carbocycles. The second-order valence-electron chi connectivity index (χ2n) is 35.1. The summed E-state index contributed by atoms with van der Waals surface area (Å²) in [5.41, 5.74) is 51.2. The molecule has 0 bridgehead atoms. The number of amides is 1. The monoisotopic (exact) mass is 2190 g/mol. The Kier molecular flexibility index (Phi) is 39.4. The number of nitrogen functional groups attached to an aromatic ring is 4. The number of H-pyrrole nitrogens is 2. The second kappa shape index (κ2) is 51.1. The number of nitrogens with two attached hydrogens (primary N) is 5. The Morgan fingerprint density at radius 2 is 0.713 bits per heavy atom. The number of carbonyl (C=O) groups excluding carboxylic acids is 6. The summed E-state index contributed by atoms with van der Waals surface area (Å²) in [5.74, 6) is 1.19. The molecular formula is C108H117B2Br2N16O21S. The summed E-state index contributed by atoms with van der Waals surface area (Å²) in [6.45, 7) is 31.0. The first-order valence-electron chi connectivity index (χ1n) is 46.1. The van der Waals surface area contributed by atoms with Crippen molar-refractivity contribution in [3.8, 4) is 55.6 Å². The number of methoxy groups -OCH3 is 5. The molecule has 18 rings (SSSR count). The summed E-state index contributed by atoms with van der Waals surface area (Å²) >= 11 is 9.77. The van der Waals surface area contributed by atoms with Gasteiger partial charge in [0.2, 0.25) is 0 Å². The zero-order chi connectivity index (χ0) is 109. The number of primary amides is 1. The maximum atomic E-state index is 12.7. The van der Waals surface area contributed by atoms with Gasteiger partial charge < -0.3 is 98.8 Å². The quantitative estimate of drug-likeness (QED) is 0.0122. The van der Waals surface area contributed by atoms with Crippen LogP contribution in [0.1, 0.15) is 188 Å². The molecule has 37 nitrogen and oxygen atoms in total. The van der Waals surface area contributed by atoms with E-state index < -0.39 is 35.8 Å². The van der Waals surface area contributed by atoms with Crippen LogP contribution in [0.3, 0.4) is 0 Å². The number of halogens is 2. The van der Waals surface area contributed by atoms with Crippen molar-refractivity contribution in [2.24, 2.45) is 10.0 Å². The average molecular weight is 2190 g/mol. The first kappa shape index (κ1) is 116. The molecular weight excluding hydrogens is 2070 g/mol. The molecule has 0 atom stereocenters. The van der Waals surface area contributed by atoms with Gasteiger partial charge in [0.15, 0.2) is 0 Å². The Labute approximate surface area is 888 Å². The number of aromatic amines is 2. The molecule has 0 aliphatic carbocycles. The normalized spacial score (nSPS) is 11.8.